The monoisotopic (exact) mass is 286 g/mol. The number of halogens is 3. The lowest BCUT2D eigenvalue weighted by Gasteiger charge is -2.15. The number of alkyl halides is 3. The van der Waals surface area contributed by atoms with Crippen LogP contribution in [0.1, 0.15) is 36.7 Å². The van der Waals surface area contributed by atoms with Crippen LogP contribution >= 0.6 is 0 Å². The first-order valence-electron chi connectivity index (χ1n) is 6.31. The number of hydrogen-bond acceptors (Lipinski definition) is 2. The number of benzene rings is 1. The molecular weight excluding hydrogens is 269 g/mol. The molecule has 1 aromatic carbocycles. The van der Waals surface area contributed by atoms with Crippen LogP contribution in [0.25, 0.3) is 11.0 Å². The Kier molecular flexibility index (Phi) is 3.77. The topological polar surface area (TPSA) is 27.1 Å². The second-order valence-electron chi connectivity index (χ2n) is 5.10. The van der Waals surface area contributed by atoms with Crippen LogP contribution in [-0.4, -0.2) is 16.7 Å². The van der Waals surface area contributed by atoms with Crippen molar-refractivity contribution >= 4 is 11.0 Å². The summed E-state index contributed by atoms with van der Waals surface area (Å²) in [6, 6.07) is 2.71. The number of fused-ring (bicyclic) bond motifs is 1. The maximum absolute atomic E-state index is 13.1. The number of ether oxygens (including phenoxy) is 1. The molecule has 0 saturated heterocycles. The van der Waals surface area contributed by atoms with Gasteiger partial charge < -0.3 is 9.30 Å². The third-order valence-corrected chi connectivity index (χ3v) is 3.35. The number of methoxy groups -OCH3 is 1. The van der Waals surface area contributed by atoms with Gasteiger partial charge in [-0.25, -0.2) is 4.98 Å². The molecule has 0 spiro atoms. The Balaban J connectivity index is 2.72. The SMILES string of the molecule is COCc1nc2cc(C(F)(F)F)c(C(C)C)cc2n1C. The van der Waals surface area contributed by atoms with Gasteiger partial charge in [-0.2, -0.15) is 13.2 Å². The predicted octanol–water partition coefficient (Wildman–Crippen LogP) is 3.86. The highest BCUT2D eigenvalue weighted by molar-refractivity contribution is 5.78. The summed E-state index contributed by atoms with van der Waals surface area (Å²) < 4.78 is 46.2. The summed E-state index contributed by atoms with van der Waals surface area (Å²) in [6.45, 7) is 3.77. The number of imidazole rings is 1. The second-order valence-corrected chi connectivity index (χ2v) is 5.10. The number of aryl methyl sites for hydroxylation is 1. The first-order chi connectivity index (χ1) is 9.25. The normalized spacial score (nSPS) is 12.6. The van der Waals surface area contributed by atoms with Crippen molar-refractivity contribution < 1.29 is 17.9 Å². The molecule has 110 valence electrons. The van der Waals surface area contributed by atoms with Crippen molar-refractivity contribution in [2.24, 2.45) is 7.05 Å². The molecule has 0 atom stereocenters. The highest BCUT2D eigenvalue weighted by Gasteiger charge is 2.34. The van der Waals surface area contributed by atoms with Crippen molar-refractivity contribution in [2.75, 3.05) is 7.11 Å². The van der Waals surface area contributed by atoms with Gasteiger partial charge in [0.2, 0.25) is 0 Å². The van der Waals surface area contributed by atoms with Crippen molar-refractivity contribution in [1.29, 1.82) is 0 Å². The molecule has 2 rings (SSSR count). The number of aromatic nitrogens is 2. The van der Waals surface area contributed by atoms with Crippen LogP contribution < -0.4 is 0 Å². The smallest absolute Gasteiger partial charge is 0.377 e. The first kappa shape index (κ1) is 14.8. The molecule has 0 aliphatic rings. The van der Waals surface area contributed by atoms with E-state index in [4.69, 9.17) is 4.74 Å². The van der Waals surface area contributed by atoms with Crippen LogP contribution in [0.2, 0.25) is 0 Å². The Labute approximate surface area is 115 Å². The van der Waals surface area contributed by atoms with Gasteiger partial charge in [-0.1, -0.05) is 13.8 Å². The fourth-order valence-electron chi connectivity index (χ4n) is 2.29. The van der Waals surface area contributed by atoms with Gasteiger partial charge >= 0.3 is 6.18 Å². The highest BCUT2D eigenvalue weighted by atomic mass is 19.4. The summed E-state index contributed by atoms with van der Waals surface area (Å²) in [6.07, 6.45) is -4.37. The van der Waals surface area contributed by atoms with Crippen LogP contribution in [0.4, 0.5) is 13.2 Å². The molecule has 1 aromatic heterocycles. The van der Waals surface area contributed by atoms with Gasteiger partial charge in [-0.3, -0.25) is 0 Å². The number of hydrogen-bond donors (Lipinski definition) is 0. The Hall–Kier alpha value is -1.56. The molecule has 2 aromatic rings. The number of nitrogens with zero attached hydrogens (tertiary/aromatic N) is 2. The minimum Gasteiger partial charge on any atom is -0.377 e. The molecule has 0 N–H and O–H groups in total. The fourth-order valence-corrected chi connectivity index (χ4v) is 2.29. The maximum Gasteiger partial charge on any atom is 0.416 e. The molecule has 0 radical (unpaired) electrons. The molecule has 0 bridgehead atoms. The second kappa shape index (κ2) is 5.09. The van der Waals surface area contributed by atoms with Gasteiger partial charge in [0.15, 0.2) is 0 Å². The van der Waals surface area contributed by atoms with Crippen LogP contribution in [-0.2, 0) is 24.6 Å². The van der Waals surface area contributed by atoms with E-state index in [1.54, 1.807) is 31.5 Å². The van der Waals surface area contributed by atoms with Gasteiger partial charge in [0, 0.05) is 14.2 Å². The molecule has 20 heavy (non-hydrogen) atoms. The summed E-state index contributed by atoms with van der Waals surface area (Å²) in [5, 5.41) is 0. The highest BCUT2D eigenvalue weighted by Crippen LogP contribution is 2.37. The average molecular weight is 286 g/mol. The number of rotatable bonds is 3. The molecule has 3 nitrogen and oxygen atoms in total. The minimum absolute atomic E-state index is 0.211. The Morgan fingerprint density at radius 1 is 1.30 bits per heavy atom. The molecule has 0 aliphatic heterocycles. The molecule has 0 fully saturated rings. The van der Waals surface area contributed by atoms with Crippen LogP contribution in [0, 0.1) is 0 Å². The van der Waals surface area contributed by atoms with Crippen LogP contribution in [0.3, 0.4) is 0 Å². The lowest BCUT2D eigenvalue weighted by molar-refractivity contribution is -0.138. The van der Waals surface area contributed by atoms with E-state index in [-0.39, 0.29) is 18.1 Å². The van der Waals surface area contributed by atoms with Crippen molar-refractivity contribution in [3.8, 4) is 0 Å². The molecule has 0 aliphatic carbocycles. The summed E-state index contributed by atoms with van der Waals surface area (Å²) in [5.41, 5.74) is 0.712. The van der Waals surface area contributed by atoms with E-state index in [1.165, 1.54) is 7.11 Å². The largest absolute Gasteiger partial charge is 0.416 e. The van der Waals surface area contributed by atoms with Gasteiger partial charge in [0.05, 0.1) is 16.6 Å². The van der Waals surface area contributed by atoms with Crippen molar-refractivity contribution in [2.45, 2.75) is 32.5 Å². The standard InChI is InChI=1S/C14H17F3N2O/c1-8(2)9-5-12-11(6-10(9)14(15,16)17)18-13(7-20-4)19(12)3/h5-6,8H,7H2,1-4H3. The molecule has 0 saturated carbocycles. The quantitative estimate of drug-likeness (QED) is 0.856. The molecule has 1 heterocycles. The van der Waals surface area contributed by atoms with Crippen molar-refractivity contribution in [3.05, 3.63) is 29.1 Å². The molecular formula is C14H17F3N2O. The summed E-state index contributed by atoms with van der Waals surface area (Å²) in [7, 11) is 3.31. The Morgan fingerprint density at radius 3 is 2.45 bits per heavy atom. The zero-order chi connectivity index (χ0) is 15.1. The maximum atomic E-state index is 13.1. The summed E-state index contributed by atoms with van der Waals surface area (Å²) >= 11 is 0. The van der Waals surface area contributed by atoms with Gasteiger partial charge in [0.25, 0.3) is 0 Å². The Morgan fingerprint density at radius 2 is 1.95 bits per heavy atom. The van der Waals surface area contributed by atoms with Crippen LogP contribution in [0.15, 0.2) is 12.1 Å². The zero-order valence-corrected chi connectivity index (χ0v) is 11.9. The van der Waals surface area contributed by atoms with Crippen LogP contribution in [0.5, 0.6) is 0 Å². The van der Waals surface area contributed by atoms with E-state index in [0.717, 1.165) is 6.07 Å². The summed E-state index contributed by atoms with van der Waals surface area (Å²) in [5.74, 6) is 0.397. The van der Waals surface area contributed by atoms with Crippen molar-refractivity contribution in [3.63, 3.8) is 0 Å². The molecule has 0 amide bonds. The molecule has 6 heteroatoms. The van der Waals surface area contributed by atoms with E-state index >= 15 is 0 Å². The van der Waals surface area contributed by atoms with Gasteiger partial charge in [0.1, 0.15) is 12.4 Å². The van der Waals surface area contributed by atoms with E-state index in [2.05, 4.69) is 4.98 Å². The van der Waals surface area contributed by atoms with E-state index in [9.17, 15) is 13.2 Å². The third-order valence-electron chi connectivity index (χ3n) is 3.35. The van der Waals surface area contributed by atoms with Gasteiger partial charge in [-0.05, 0) is 23.6 Å². The molecule has 0 unspecified atom stereocenters. The predicted molar refractivity (Wildman–Crippen MR) is 70.5 cm³/mol. The average Bonchev–Trinajstić information content (AvgIpc) is 2.64. The zero-order valence-electron chi connectivity index (χ0n) is 11.9. The minimum atomic E-state index is -4.37. The van der Waals surface area contributed by atoms with E-state index in [0.29, 0.717) is 16.9 Å². The fraction of sp³-hybridized carbons (Fsp3) is 0.500. The lowest BCUT2D eigenvalue weighted by atomic mass is 9.96. The van der Waals surface area contributed by atoms with E-state index < -0.39 is 11.7 Å². The van der Waals surface area contributed by atoms with E-state index in [1.807, 2.05) is 0 Å². The van der Waals surface area contributed by atoms with Gasteiger partial charge in [-0.15, -0.1) is 0 Å². The third kappa shape index (κ3) is 2.52. The lowest BCUT2D eigenvalue weighted by Crippen LogP contribution is -2.10. The summed E-state index contributed by atoms with van der Waals surface area (Å²) in [4.78, 5) is 4.21. The first-order valence-corrected chi connectivity index (χ1v) is 6.31. The van der Waals surface area contributed by atoms with Crippen molar-refractivity contribution in [1.82, 2.24) is 9.55 Å². The Bertz CT molecular complexity index is 629.